The second kappa shape index (κ2) is 7.98. The molecule has 0 saturated carbocycles. The standard InChI is InChI=1S/C25H23N5O3/c1-29-13-17(15-7-2-4-9-19(15)29)21-22(24(32)28-23(21)31)18-14-30(12-6-11-27-25(26)33)20-10-5-3-8-16(18)20/h2-5,7-10,13-14H,6,11-12H2,1H3,(H3,26,27,33)(H,28,31,32). The number of imide groups is 1. The molecule has 0 unspecified atom stereocenters. The number of fused-ring (bicyclic) bond motifs is 2. The topological polar surface area (TPSA) is 111 Å². The van der Waals surface area contributed by atoms with Gasteiger partial charge in [0.1, 0.15) is 0 Å². The van der Waals surface area contributed by atoms with Crippen molar-refractivity contribution in [1.82, 2.24) is 19.8 Å². The van der Waals surface area contributed by atoms with E-state index in [1.165, 1.54) is 0 Å². The molecule has 8 nitrogen and oxygen atoms in total. The molecule has 33 heavy (non-hydrogen) atoms. The monoisotopic (exact) mass is 441 g/mol. The molecule has 8 heteroatoms. The molecule has 4 aromatic rings. The third kappa shape index (κ3) is 3.45. The fraction of sp³-hybridized carbons (Fsp3) is 0.160. The molecule has 0 aliphatic carbocycles. The molecule has 2 aromatic carbocycles. The zero-order valence-electron chi connectivity index (χ0n) is 18.1. The quantitative estimate of drug-likeness (QED) is 0.316. The van der Waals surface area contributed by atoms with E-state index in [2.05, 4.69) is 10.6 Å². The number of para-hydroxylation sites is 2. The van der Waals surface area contributed by atoms with Gasteiger partial charge in [0.2, 0.25) is 0 Å². The third-order valence-corrected chi connectivity index (χ3v) is 6.03. The summed E-state index contributed by atoms with van der Waals surface area (Å²) < 4.78 is 4.00. The summed E-state index contributed by atoms with van der Waals surface area (Å²) in [5, 5.41) is 6.89. The summed E-state index contributed by atoms with van der Waals surface area (Å²) in [6.07, 6.45) is 4.47. The highest BCUT2D eigenvalue weighted by atomic mass is 16.2. The van der Waals surface area contributed by atoms with E-state index in [1.807, 2.05) is 77.1 Å². The van der Waals surface area contributed by atoms with Crippen molar-refractivity contribution >= 4 is 50.8 Å². The van der Waals surface area contributed by atoms with Crippen LogP contribution in [-0.2, 0) is 23.2 Å². The van der Waals surface area contributed by atoms with Crippen LogP contribution in [0.3, 0.4) is 0 Å². The number of rotatable bonds is 6. The van der Waals surface area contributed by atoms with Crippen molar-refractivity contribution in [3.63, 3.8) is 0 Å². The van der Waals surface area contributed by atoms with E-state index in [4.69, 9.17) is 5.73 Å². The van der Waals surface area contributed by atoms with Crippen molar-refractivity contribution < 1.29 is 14.4 Å². The maximum absolute atomic E-state index is 13.0. The Hall–Kier alpha value is -4.33. The molecule has 0 radical (unpaired) electrons. The van der Waals surface area contributed by atoms with E-state index >= 15 is 0 Å². The van der Waals surface area contributed by atoms with Gasteiger partial charge in [-0.25, -0.2) is 4.79 Å². The summed E-state index contributed by atoms with van der Waals surface area (Å²) in [6.45, 7) is 1.06. The Bertz CT molecular complexity index is 1470. The van der Waals surface area contributed by atoms with Crippen molar-refractivity contribution in [2.45, 2.75) is 13.0 Å². The maximum atomic E-state index is 13.0. The summed E-state index contributed by atoms with van der Waals surface area (Å²) in [5.41, 5.74) is 9.28. The predicted octanol–water partition coefficient (Wildman–Crippen LogP) is 2.76. The van der Waals surface area contributed by atoms with Gasteiger partial charge >= 0.3 is 6.03 Å². The smallest absolute Gasteiger partial charge is 0.312 e. The fourth-order valence-electron chi connectivity index (χ4n) is 4.60. The highest BCUT2D eigenvalue weighted by Crippen LogP contribution is 2.38. The van der Waals surface area contributed by atoms with E-state index < -0.39 is 17.8 Å². The van der Waals surface area contributed by atoms with Gasteiger partial charge in [-0.2, -0.15) is 0 Å². The van der Waals surface area contributed by atoms with Gasteiger partial charge in [0, 0.05) is 65.5 Å². The summed E-state index contributed by atoms with van der Waals surface area (Å²) in [6, 6.07) is 15.0. The van der Waals surface area contributed by atoms with Crippen molar-refractivity contribution in [3.8, 4) is 0 Å². The Labute approximate surface area is 189 Å². The minimum atomic E-state index is -0.556. The summed E-state index contributed by atoms with van der Waals surface area (Å²) in [4.78, 5) is 37.0. The first-order valence-electron chi connectivity index (χ1n) is 10.7. The van der Waals surface area contributed by atoms with Crippen LogP contribution in [0.5, 0.6) is 0 Å². The van der Waals surface area contributed by atoms with E-state index in [9.17, 15) is 14.4 Å². The molecule has 4 amide bonds. The van der Waals surface area contributed by atoms with Crippen molar-refractivity contribution in [3.05, 3.63) is 72.1 Å². The number of carbonyl (C=O) groups excluding carboxylic acids is 3. The van der Waals surface area contributed by atoms with Gasteiger partial charge in [-0.1, -0.05) is 36.4 Å². The van der Waals surface area contributed by atoms with Crippen LogP contribution in [0.4, 0.5) is 4.79 Å². The van der Waals surface area contributed by atoms with Crippen LogP contribution in [0.15, 0.2) is 60.9 Å². The highest BCUT2D eigenvalue weighted by molar-refractivity contribution is 6.50. The lowest BCUT2D eigenvalue weighted by Crippen LogP contribution is -2.30. The van der Waals surface area contributed by atoms with Crippen LogP contribution in [0, 0.1) is 0 Å². The second-order valence-corrected chi connectivity index (χ2v) is 8.10. The lowest BCUT2D eigenvalue weighted by atomic mass is 9.95. The molecule has 1 aliphatic rings. The zero-order valence-corrected chi connectivity index (χ0v) is 18.1. The minimum absolute atomic E-state index is 0.376. The number of amides is 4. The fourth-order valence-corrected chi connectivity index (χ4v) is 4.60. The zero-order chi connectivity index (χ0) is 23.1. The molecule has 0 saturated heterocycles. The summed E-state index contributed by atoms with van der Waals surface area (Å²) in [5.74, 6) is -0.796. The van der Waals surface area contributed by atoms with Gasteiger partial charge in [-0.05, 0) is 18.6 Å². The first-order valence-corrected chi connectivity index (χ1v) is 10.7. The van der Waals surface area contributed by atoms with Crippen LogP contribution in [0.2, 0.25) is 0 Å². The third-order valence-electron chi connectivity index (χ3n) is 6.03. The van der Waals surface area contributed by atoms with E-state index in [0.29, 0.717) is 36.2 Å². The van der Waals surface area contributed by atoms with Crippen molar-refractivity contribution in [1.29, 1.82) is 0 Å². The lowest BCUT2D eigenvalue weighted by Gasteiger charge is -2.05. The molecule has 2 aromatic heterocycles. The number of carbonyl (C=O) groups is 3. The molecule has 0 fully saturated rings. The van der Waals surface area contributed by atoms with Gasteiger partial charge in [0.15, 0.2) is 0 Å². The summed E-state index contributed by atoms with van der Waals surface area (Å²) in [7, 11) is 1.92. The number of nitrogens with one attached hydrogen (secondary N) is 2. The van der Waals surface area contributed by atoms with Gasteiger partial charge in [-0.3, -0.25) is 14.9 Å². The average Bonchev–Trinajstić information content (AvgIpc) is 3.42. The number of urea groups is 1. The van der Waals surface area contributed by atoms with E-state index in [1.54, 1.807) is 0 Å². The Morgan fingerprint density at radius 2 is 1.48 bits per heavy atom. The average molecular weight is 441 g/mol. The normalized spacial score (nSPS) is 13.8. The Kier molecular flexibility index (Phi) is 4.97. The van der Waals surface area contributed by atoms with Crippen molar-refractivity contribution in [2.24, 2.45) is 12.8 Å². The number of aromatic nitrogens is 2. The van der Waals surface area contributed by atoms with E-state index in [0.717, 1.165) is 27.4 Å². The predicted molar refractivity (Wildman–Crippen MR) is 127 cm³/mol. The van der Waals surface area contributed by atoms with Gasteiger partial charge in [-0.15, -0.1) is 0 Å². The molecule has 1 aliphatic heterocycles. The van der Waals surface area contributed by atoms with Crippen molar-refractivity contribution in [2.75, 3.05) is 6.54 Å². The van der Waals surface area contributed by atoms with Crippen LogP contribution in [-0.4, -0.2) is 33.5 Å². The van der Waals surface area contributed by atoms with Crippen LogP contribution >= 0.6 is 0 Å². The Balaban J connectivity index is 1.67. The number of nitrogens with zero attached hydrogens (tertiary/aromatic N) is 2. The molecule has 0 spiro atoms. The van der Waals surface area contributed by atoms with Gasteiger partial charge < -0.3 is 20.2 Å². The molecule has 0 atom stereocenters. The molecule has 4 N–H and O–H groups in total. The van der Waals surface area contributed by atoms with Crippen LogP contribution < -0.4 is 16.4 Å². The first-order chi connectivity index (χ1) is 16.0. The molecular weight excluding hydrogens is 418 g/mol. The summed E-state index contributed by atoms with van der Waals surface area (Å²) >= 11 is 0. The number of primary amides is 1. The SMILES string of the molecule is Cn1cc(C2=C(c3cn(CCCNC(N)=O)c4ccccc34)C(=O)NC2=O)c2ccccc21. The molecule has 0 bridgehead atoms. The lowest BCUT2D eigenvalue weighted by molar-refractivity contribution is -0.122. The van der Waals surface area contributed by atoms with E-state index in [-0.39, 0.29) is 0 Å². The van der Waals surface area contributed by atoms with Crippen LogP contribution in [0.25, 0.3) is 33.0 Å². The number of benzene rings is 2. The first kappa shape index (κ1) is 20.6. The second-order valence-electron chi connectivity index (χ2n) is 8.10. The van der Waals surface area contributed by atoms with Gasteiger partial charge in [0.25, 0.3) is 11.8 Å². The number of nitrogens with two attached hydrogens (primary N) is 1. The van der Waals surface area contributed by atoms with Gasteiger partial charge in [0.05, 0.1) is 11.1 Å². The molecule has 166 valence electrons. The number of hydrogen-bond acceptors (Lipinski definition) is 3. The van der Waals surface area contributed by atoms with Crippen LogP contribution in [0.1, 0.15) is 17.5 Å². The largest absolute Gasteiger partial charge is 0.352 e. The highest BCUT2D eigenvalue weighted by Gasteiger charge is 2.35. The molecule has 3 heterocycles. The maximum Gasteiger partial charge on any atom is 0.312 e. The molecular formula is C25H23N5O3. The number of hydrogen-bond donors (Lipinski definition) is 3. The Morgan fingerprint density at radius 3 is 2.15 bits per heavy atom. The Morgan fingerprint density at radius 1 is 0.909 bits per heavy atom. The molecule has 5 rings (SSSR count). The number of aryl methyl sites for hydroxylation is 2. The minimum Gasteiger partial charge on any atom is -0.352 e.